The average Bonchev–Trinajstić information content (AvgIpc) is 2.75. The van der Waals surface area contributed by atoms with Crippen LogP contribution in [0.5, 0.6) is 0 Å². The number of thioether (sulfide) groups is 1. The van der Waals surface area contributed by atoms with E-state index in [4.69, 9.17) is 0 Å². The monoisotopic (exact) mass is 275 g/mol. The van der Waals surface area contributed by atoms with Crippen LogP contribution in [-0.4, -0.2) is 35.5 Å². The molecule has 1 aromatic carbocycles. The molecule has 2 heteroatoms. The van der Waals surface area contributed by atoms with E-state index in [1.54, 1.807) is 5.56 Å². The van der Waals surface area contributed by atoms with Gasteiger partial charge in [-0.3, -0.25) is 0 Å². The maximum atomic E-state index is 2.79. The second-order valence-electron chi connectivity index (χ2n) is 5.92. The van der Waals surface area contributed by atoms with Gasteiger partial charge in [0.05, 0.1) is 0 Å². The Hall–Kier alpha value is -0.470. The largest absolute Gasteiger partial charge is 0.300 e. The number of hydrogen-bond acceptors (Lipinski definition) is 2. The van der Waals surface area contributed by atoms with Crippen LogP contribution in [-0.2, 0) is 0 Å². The highest BCUT2D eigenvalue weighted by Crippen LogP contribution is 2.30. The molecule has 19 heavy (non-hydrogen) atoms. The van der Waals surface area contributed by atoms with E-state index in [9.17, 15) is 0 Å². The molecule has 2 heterocycles. The smallest absolute Gasteiger partial charge is 0.0111 e. The molecule has 2 fully saturated rings. The Kier molecular flexibility index (Phi) is 4.84. The van der Waals surface area contributed by atoms with Crippen molar-refractivity contribution in [2.75, 3.05) is 24.6 Å². The fraction of sp³-hybridized carbons (Fsp3) is 0.647. The molecule has 0 spiro atoms. The molecule has 1 nitrogen and oxygen atoms in total. The van der Waals surface area contributed by atoms with Gasteiger partial charge >= 0.3 is 0 Å². The maximum absolute atomic E-state index is 2.79. The molecule has 3 rings (SSSR count). The molecule has 2 saturated heterocycles. The van der Waals surface area contributed by atoms with Gasteiger partial charge in [-0.25, -0.2) is 0 Å². The summed E-state index contributed by atoms with van der Waals surface area (Å²) >= 11 is 2.14. The van der Waals surface area contributed by atoms with E-state index < -0.39 is 0 Å². The van der Waals surface area contributed by atoms with Crippen LogP contribution in [0, 0.1) is 0 Å². The van der Waals surface area contributed by atoms with E-state index in [2.05, 4.69) is 47.0 Å². The number of hydrogen-bond donors (Lipinski definition) is 0. The molecule has 1 atom stereocenters. The Labute approximate surface area is 121 Å². The average molecular weight is 275 g/mol. The summed E-state index contributed by atoms with van der Waals surface area (Å²) in [4.78, 5) is 2.79. The summed E-state index contributed by atoms with van der Waals surface area (Å²) in [6, 6.07) is 12.0. The molecule has 0 aliphatic carbocycles. The minimum atomic E-state index is 0.796. The minimum absolute atomic E-state index is 0.796. The number of nitrogens with zero attached hydrogens (tertiary/aromatic N) is 1. The Morgan fingerprint density at radius 3 is 2.47 bits per heavy atom. The van der Waals surface area contributed by atoms with Gasteiger partial charge in [-0.2, -0.15) is 11.8 Å². The van der Waals surface area contributed by atoms with Gasteiger partial charge < -0.3 is 4.90 Å². The van der Waals surface area contributed by atoms with Crippen LogP contribution in [0.15, 0.2) is 30.3 Å². The van der Waals surface area contributed by atoms with Crippen molar-refractivity contribution in [2.45, 2.75) is 44.1 Å². The summed E-state index contributed by atoms with van der Waals surface area (Å²) in [5, 5.41) is 0. The quantitative estimate of drug-likeness (QED) is 0.797. The first-order valence-electron chi connectivity index (χ1n) is 7.80. The molecule has 0 unspecified atom stereocenters. The van der Waals surface area contributed by atoms with Crippen molar-refractivity contribution in [3.63, 3.8) is 0 Å². The van der Waals surface area contributed by atoms with Crippen molar-refractivity contribution in [1.82, 2.24) is 4.90 Å². The first-order valence-corrected chi connectivity index (χ1v) is 8.96. The van der Waals surface area contributed by atoms with Crippen LogP contribution in [0.1, 0.15) is 43.6 Å². The van der Waals surface area contributed by atoms with Crippen molar-refractivity contribution in [3.8, 4) is 0 Å². The van der Waals surface area contributed by atoms with Crippen LogP contribution >= 0.6 is 11.8 Å². The van der Waals surface area contributed by atoms with Gasteiger partial charge in [0.15, 0.2) is 0 Å². The molecule has 104 valence electrons. The van der Waals surface area contributed by atoms with E-state index in [0.29, 0.717) is 0 Å². The SMILES string of the molecule is c1ccc([C@@H]2CCCN(C3CCSCC3)CC2)cc1. The zero-order chi connectivity index (χ0) is 12.9. The molecule has 0 aromatic heterocycles. The van der Waals surface area contributed by atoms with Gasteiger partial charge in [-0.15, -0.1) is 0 Å². The van der Waals surface area contributed by atoms with Crippen LogP contribution in [0.25, 0.3) is 0 Å². The lowest BCUT2D eigenvalue weighted by Crippen LogP contribution is -2.38. The molecular weight excluding hydrogens is 250 g/mol. The van der Waals surface area contributed by atoms with Crippen molar-refractivity contribution in [2.24, 2.45) is 0 Å². The van der Waals surface area contributed by atoms with E-state index in [-0.39, 0.29) is 0 Å². The molecule has 0 saturated carbocycles. The van der Waals surface area contributed by atoms with Gasteiger partial charge in [0, 0.05) is 6.04 Å². The van der Waals surface area contributed by atoms with Crippen molar-refractivity contribution in [3.05, 3.63) is 35.9 Å². The predicted octanol–water partition coefficient (Wildman–Crippen LogP) is 4.15. The topological polar surface area (TPSA) is 3.24 Å². The summed E-state index contributed by atoms with van der Waals surface area (Å²) in [6.45, 7) is 2.65. The minimum Gasteiger partial charge on any atom is -0.300 e. The number of benzene rings is 1. The van der Waals surface area contributed by atoms with Gasteiger partial charge in [-0.05, 0) is 68.2 Å². The fourth-order valence-corrected chi connectivity index (χ4v) is 4.67. The lowest BCUT2D eigenvalue weighted by Gasteiger charge is -2.33. The van der Waals surface area contributed by atoms with Gasteiger partial charge in [-0.1, -0.05) is 30.3 Å². The molecular formula is C17H25NS. The highest BCUT2D eigenvalue weighted by Gasteiger charge is 2.24. The molecule has 2 aliphatic heterocycles. The maximum Gasteiger partial charge on any atom is 0.0111 e. The first-order chi connectivity index (χ1) is 9.43. The van der Waals surface area contributed by atoms with Crippen LogP contribution < -0.4 is 0 Å². The third-order valence-electron chi connectivity index (χ3n) is 4.74. The summed E-state index contributed by atoms with van der Waals surface area (Å²) in [5.41, 5.74) is 1.56. The van der Waals surface area contributed by atoms with E-state index in [1.807, 2.05) is 0 Å². The van der Waals surface area contributed by atoms with Crippen LogP contribution in [0.2, 0.25) is 0 Å². The summed E-state index contributed by atoms with van der Waals surface area (Å²) < 4.78 is 0. The molecule has 1 aromatic rings. The van der Waals surface area contributed by atoms with Crippen LogP contribution in [0.3, 0.4) is 0 Å². The second kappa shape index (κ2) is 6.81. The Morgan fingerprint density at radius 2 is 1.68 bits per heavy atom. The molecule has 0 radical (unpaired) electrons. The number of rotatable bonds is 2. The van der Waals surface area contributed by atoms with Crippen molar-refractivity contribution >= 4 is 11.8 Å². The number of likely N-dealkylation sites (tertiary alicyclic amines) is 1. The molecule has 0 bridgehead atoms. The van der Waals surface area contributed by atoms with Crippen molar-refractivity contribution in [1.29, 1.82) is 0 Å². The normalized spacial score (nSPS) is 27.1. The zero-order valence-corrected chi connectivity index (χ0v) is 12.6. The third kappa shape index (κ3) is 3.55. The molecule has 0 amide bonds. The highest BCUT2D eigenvalue weighted by molar-refractivity contribution is 7.99. The standard InChI is InChI=1S/C17H25NS/c1-2-5-15(6-3-1)16-7-4-11-18(12-8-16)17-9-13-19-14-10-17/h1-3,5-6,16-17H,4,7-14H2/t16-/m1/s1. The van der Waals surface area contributed by atoms with Gasteiger partial charge in [0.1, 0.15) is 0 Å². The van der Waals surface area contributed by atoms with Crippen LogP contribution in [0.4, 0.5) is 0 Å². The van der Waals surface area contributed by atoms with E-state index in [1.165, 1.54) is 56.7 Å². The second-order valence-corrected chi connectivity index (χ2v) is 7.14. The third-order valence-corrected chi connectivity index (χ3v) is 5.79. The lowest BCUT2D eigenvalue weighted by molar-refractivity contribution is 0.192. The Bertz CT molecular complexity index is 372. The fourth-order valence-electron chi connectivity index (χ4n) is 3.59. The Balaban J connectivity index is 1.59. The van der Waals surface area contributed by atoms with E-state index in [0.717, 1.165) is 12.0 Å². The summed E-state index contributed by atoms with van der Waals surface area (Å²) in [7, 11) is 0. The summed E-state index contributed by atoms with van der Waals surface area (Å²) in [5.74, 6) is 3.55. The van der Waals surface area contributed by atoms with Crippen molar-refractivity contribution < 1.29 is 0 Å². The Morgan fingerprint density at radius 1 is 0.895 bits per heavy atom. The highest BCUT2D eigenvalue weighted by atomic mass is 32.2. The molecule has 0 N–H and O–H groups in total. The molecule has 2 aliphatic rings. The zero-order valence-electron chi connectivity index (χ0n) is 11.8. The first kappa shape index (κ1) is 13.5. The van der Waals surface area contributed by atoms with E-state index >= 15 is 0 Å². The lowest BCUT2D eigenvalue weighted by atomic mass is 9.92. The van der Waals surface area contributed by atoms with Gasteiger partial charge in [0.25, 0.3) is 0 Å². The summed E-state index contributed by atoms with van der Waals surface area (Å²) in [6.07, 6.45) is 6.94. The predicted molar refractivity (Wildman–Crippen MR) is 85.0 cm³/mol. The van der Waals surface area contributed by atoms with Gasteiger partial charge in [0.2, 0.25) is 0 Å².